The van der Waals surface area contributed by atoms with Crippen LogP contribution < -0.4 is 11.2 Å². The molecule has 0 aliphatic heterocycles. The first-order chi connectivity index (χ1) is 10.0. The molecular weight excluding hydrogens is 332 g/mol. The van der Waals surface area contributed by atoms with E-state index in [-0.39, 0.29) is 10.2 Å². The highest BCUT2D eigenvalue weighted by Gasteiger charge is 2.31. The van der Waals surface area contributed by atoms with Crippen LogP contribution in [0.5, 0.6) is 0 Å². The van der Waals surface area contributed by atoms with Crippen LogP contribution in [0.4, 0.5) is 17.6 Å². The number of nitrogens with zero attached hydrogens (tertiary/aromatic N) is 1. The van der Waals surface area contributed by atoms with Gasteiger partial charge in [-0.1, -0.05) is 0 Å². The van der Waals surface area contributed by atoms with Gasteiger partial charge in [0, 0.05) is 0 Å². The van der Waals surface area contributed by atoms with Crippen LogP contribution in [0.25, 0.3) is 0 Å². The fraction of sp³-hybridized carbons (Fsp3) is 0.0909. The van der Waals surface area contributed by atoms with Crippen LogP contribution in [0.1, 0.15) is 5.56 Å². The summed E-state index contributed by atoms with van der Waals surface area (Å²) >= 11 is 0. The highest BCUT2D eigenvalue weighted by Crippen LogP contribution is 2.29. The van der Waals surface area contributed by atoms with Crippen LogP contribution in [-0.4, -0.2) is 17.4 Å². The van der Waals surface area contributed by atoms with Gasteiger partial charge in [-0.3, -0.25) is 9.78 Å². The molecule has 0 amide bonds. The molecule has 0 fully saturated rings. The van der Waals surface area contributed by atoms with Crippen molar-refractivity contribution in [1.82, 2.24) is 8.96 Å². The van der Waals surface area contributed by atoms with Crippen LogP contribution in [0.2, 0.25) is 0 Å². The van der Waals surface area contributed by atoms with Gasteiger partial charge in [-0.25, -0.2) is 13.2 Å². The molecule has 118 valence electrons. The standard InChI is InChI=1S/C11H6F4N2O4S/c12-8-5-17(10(19)16-9(8)18)22(20,21)7-3-1-6(2-4-7)11(13,14)15/h1-5H,(H,16,18,19). The van der Waals surface area contributed by atoms with Gasteiger partial charge < -0.3 is 0 Å². The molecule has 2 aromatic rings. The second kappa shape index (κ2) is 5.09. The van der Waals surface area contributed by atoms with Gasteiger partial charge in [0.05, 0.1) is 16.7 Å². The van der Waals surface area contributed by atoms with Crippen molar-refractivity contribution in [3.8, 4) is 0 Å². The van der Waals surface area contributed by atoms with Crippen LogP contribution in [-0.2, 0) is 16.2 Å². The maximum absolute atomic E-state index is 13.1. The summed E-state index contributed by atoms with van der Waals surface area (Å²) in [6.07, 6.45) is -4.52. The van der Waals surface area contributed by atoms with E-state index in [1.165, 1.54) is 4.98 Å². The van der Waals surface area contributed by atoms with Crippen LogP contribution in [0.15, 0.2) is 44.9 Å². The zero-order chi connectivity index (χ0) is 16.7. The van der Waals surface area contributed by atoms with E-state index in [1.54, 1.807) is 0 Å². The normalized spacial score (nSPS) is 12.4. The Morgan fingerprint density at radius 3 is 2.09 bits per heavy atom. The quantitative estimate of drug-likeness (QED) is 0.825. The van der Waals surface area contributed by atoms with Gasteiger partial charge >= 0.3 is 11.9 Å². The van der Waals surface area contributed by atoms with E-state index in [1.807, 2.05) is 0 Å². The molecule has 0 aliphatic carbocycles. The van der Waals surface area contributed by atoms with Gasteiger partial charge in [0.15, 0.2) is 0 Å². The fourth-order valence-corrected chi connectivity index (χ4v) is 2.74. The van der Waals surface area contributed by atoms with Gasteiger partial charge in [-0.05, 0) is 24.3 Å². The molecule has 22 heavy (non-hydrogen) atoms. The lowest BCUT2D eigenvalue weighted by molar-refractivity contribution is -0.137. The Balaban J connectivity index is 2.59. The Labute approximate surface area is 119 Å². The summed E-state index contributed by atoms with van der Waals surface area (Å²) in [5.41, 5.74) is -3.94. The summed E-state index contributed by atoms with van der Waals surface area (Å²) in [6, 6.07) is 2.24. The fourth-order valence-electron chi connectivity index (χ4n) is 1.54. The number of H-pyrrole nitrogens is 1. The lowest BCUT2D eigenvalue weighted by atomic mass is 10.2. The topological polar surface area (TPSA) is 89.0 Å². The lowest BCUT2D eigenvalue weighted by Crippen LogP contribution is -2.35. The molecule has 0 bridgehead atoms. The van der Waals surface area contributed by atoms with Crippen molar-refractivity contribution >= 4 is 10.0 Å². The zero-order valence-electron chi connectivity index (χ0n) is 10.4. The molecule has 1 N–H and O–H groups in total. The maximum atomic E-state index is 13.1. The molecule has 0 saturated heterocycles. The molecule has 6 nitrogen and oxygen atoms in total. The Morgan fingerprint density at radius 1 is 1.05 bits per heavy atom. The minimum Gasteiger partial charge on any atom is -0.271 e. The third-order valence-corrected chi connectivity index (χ3v) is 4.26. The van der Waals surface area contributed by atoms with Crippen molar-refractivity contribution < 1.29 is 26.0 Å². The van der Waals surface area contributed by atoms with E-state index in [0.29, 0.717) is 24.3 Å². The number of hydrogen-bond acceptors (Lipinski definition) is 4. The van der Waals surface area contributed by atoms with Crippen molar-refractivity contribution in [1.29, 1.82) is 0 Å². The summed E-state index contributed by atoms with van der Waals surface area (Å²) in [6.45, 7) is 0. The lowest BCUT2D eigenvalue weighted by Gasteiger charge is -2.09. The van der Waals surface area contributed by atoms with Crippen molar-refractivity contribution in [3.63, 3.8) is 0 Å². The highest BCUT2D eigenvalue weighted by atomic mass is 32.2. The van der Waals surface area contributed by atoms with Crippen LogP contribution in [0.3, 0.4) is 0 Å². The molecule has 0 radical (unpaired) electrons. The van der Waals surface area contributed by atoms with Crippen LogP contribution in [0, 0.1) is 5.82 Å². The second-order valence-corrected chi connectivity index (χ2v) is 5.87. The minimum absolute atomic E-state index is 0.105. The molecule has 0 aliphatic rings. The number of aromatic nitrogens is 2. The number of rotatable bonds is 2. The first-order valence-electron chi connectivity index (χ1n) is 5.48. The second-order valence-electron chi connectivity index (χ2n) is 4.06. The number of aromatic amines is 1. The van der Waals surface area contributed by atoms with Gasteiger partial charge in [0.2, 0.25) is 5.82 Å². The zero-order valence-corrected chi connectivity index (χ0v) is 11.2. The average Bonchev–Trinajstić information content (AvgIpc) is 2.42. The van der Waals surface area contributed by atoms with E-state index in [0.717, 1.165) is 0 Å². The van der Waals surface area contributed by atoms with E-state index >= 15 is 0 Å². The predicted molar refractivity (Wildman–Crippen MR) is 65.3 cm³/mol. The Kier molecular flexibility index (Phi) is 3.69. The number of hydrogen-bond donors (Lipinski definition) is 1. The summed E-state index contributed by atoms with van der Waals surface area (Å²) in [4.78, 5) is 23.0. The summed E-state index contributed by atoms with van der Waals surface area (Å²) in [5.74, 6) is -1.53. The van der Waals surface area contributed by atoms with Crippen molar-refractivity contribution in [3.05, 3.63) is 62.7 Å². The summed E-state index contributed by atoms with van der Waals surface area (Å²) in [7, 11) is -4.64. The smallest absolute Gasteiger partial charge is 0.271 e. The number of benzene rings is 1. The SMILES string of the molecule is O=c1[nH]c(=O)n(S(=O)(=O)c2ccc(C(F)(F)F)cc2)cc1F. The highest BCUT2D eigenvalue weighted by molar-refractivity contribution is 7.90. The van der Waals surface area contributed by atoms with Gasteiger partial charge in [0.25, 0.3) is 15.6 Å². The molecule has 11 heteroatoms. The maximum Gasteiger partial charge on any atom is 0.416 e. The number of nitrogens with one attached hydrogen (secondary N) is 1. The van der Waals surface area contributed by atoms with Gasteiger partial charge in [-0.15, -0.1) is 0 Å². The van der Waals surface area contributed by atoms with Crippen molar-refractivity contribution in [2.45, 2.75) is 11.1 Å². The molecule has 0 spiro atoms. The van der Waals surface area contributed by atoms with E-state index in [9.17, 15) is 35.6 Å². The van der Waals surface area contributed by atoms with E-state index in [2.05, 4.69) is 0 Å². The van der Waals surface area contributed by atoms with Crippen molar-refractivity contribution in [2.75, 3.05) is 0 Å². The van der Waals surface area contributed by atoms with Crippen LogP contribution >= 0.6 is 0 Å². The first kappa shape index (κ1) is 15.9. The molecule has 0 unspecified atom stereocenters. The monoisotopic (exact) mass is 338 g/mol. The Bertz CT molecular complexity index is 926. The first-order valence-corrected chi connectivity index (χ1v) is 6.92. The molecule has 1 aromatic carbocycles. The molecule has 0 atom stereocenters. The molecule has 0 saturated carbocycles. The largest absolute Gasteiger partial charge is 0.416 e. The number of halogens is 4. The number of alkyl halides is 3. The minimum atomic E-state index is -4.66. The molecule has 1 heterocycles. The summed E-state index contributed by atoms with van der Waals surface area (Å²) in [5, 5.41) is 0. The van der Waals surface area contributed by atoms with E-state index < -0.39 is 43.7 Å². The predicted octanol–water partition coefficient (Wildman–Crippen LogP) is 0.932. The Morgan fingerprint density at radius 2 is 1.59 bits per heavy atom. The van der Waals surface area contributed by atoms with Gasteiger partial charge in [-0.2, -0.15) is 21.5 Å². The summed E-state index contributed by atoms with van der Waals surface area (Å²) < 4.78 is 74.4. The average molecular weight is 338 g/mol. The van der Waals surface area contributed by atoms with E-state index in [4.69, 9.17) is 0 Å². The third-order valence-electron chi connectivity index (χ3n) is 2.61. The third kappa shape index (κ3) is 2.79. The Hall–Kier alpha value is -2.43. The van der Waals surface area contributed by atoms with Gasteiger partial charge in [0.1, 0.15) is 0 Å². The molecular formula is C11H6F4N2O4S. The molecule has 2 rings (SSSR count). The molecule has 1 aromatic heterocycles. The van der Waals surface area contributed by atoms with Crippen molar-refractivity contribution in [2.24, 2.45) is 0 Å².